The quantitative estimate of drug-likeness (QED) is 0.250. The van der Waals surface area contributed by atoms with Crippen molar-refractivity contribution in [3.05, 3.63) is 72.8 Å². The molecule has 0 aliphatic carbocycles. The lowest BCUT2D eigenvalue weighted by Crippen LogP contribution is -2.55. The van der Waals surface area contributed by atoms with Crippen molar-refractivity contribution in [2.24, 2.45) is 12.5 Å². The molecule has 2 aromatic carbocycles. The van der Waals surface area contributed by atoms with Gasteiger partial charge in [0, 0.05) is 43.2 Å². The summed E-state index contributed by atoms with van der Waals surface area (Å²) in [6.45, 7) is 10.9. The van der Waals surface area contributed by atoms with Crippen molar-refractivity contribution < 1.29 is 13.9 Å². The molecule has 1 amide bonds. The van der Waals surface area contributed by atoms with Gasteiger partial charge in [-0.1, -0.05) is 25.6 Å². The summed E-state index contributed by atoms with van der Waals surface area (Å²) in [6, 6.07) is 12.6. The van der Waals surface area contributed by atoms with E-state index in [1.807, 2.05) is 25.2 Å². The number of benzene rings is 2. The van der Waals surface area contributed by atoms with Crippen molar-refractivity contribution in [3.8, 4) is 11.5 Å². The summed E-state index contributed by atoms with van der Waals surface area (Å²) >= 11 is 0. The Morgan fingerprint density at radius 3 is 2.79 bits per heavy atom. The van der Waals surface area contributed by atoms with Gasteiger partial charge in [-0.2, -0.15) is 0 Å². The first-order chi connectivity index (χ1) is 20.6. The molecule has 2 N–H and O–H groups in total. The molecule has 0 spiro atoms. The Morgan fingerprint density at radius 1 is 1.16 bits per heavy atom. The smallest absolute Gasteiger partial charge is 0.243 e. The van der Waals surface area contributed by atoms with Crippen molar-refractivity contribution >= 4 is 45.3 Å². The van der Waals surface area contributed by atoms with Gasteiger partial charge in [0.15, 0.2) is 11.6 Å². The Bertz CT molecular complexity index is 1870. The van der Waals surface area contributed by atoms with E-state index >= 15 is 4.39 Å². The summed E-state index contributed by atoms with van der Waals surface area (Å²) < 4.78 is 23.3. The average Bonchev–Trinajstić information content (AvgIpc) is 3.37. The number of rotatable bonds is 7. The maximum absolute atomic E-state index is 15.6. The minimum absolute atomic E-state index is 0.0170. The van der Waals surface area contributed by atoms with E-state index in [0.29, 0.717) is 52.5 Å². The maximum Gasteiger partial charge on any atom is 0.243 e. The van der Waals surface area contributed by atoms with Gasteiger partial charge in [-0.3, -0.25) is 4.79 Å². The van der Waals surface area contributed by atoms with Crippen LogP contribution in [0.25, 0.3) is 22.1 Å². The van der Waals surface area contributed by atoms with Crippen molar-refractivity contribution in [1.29, 1.82) is 0 Å². The van der Waals surface area contributed by atoms with Crippen molar-refractivity contribution in [2.45, 2.75) is 33.2 Å². The minimum atomic E-state index is -0.466. The lowest BCUT2D eigenvalue weighted by Gasteiger charge is -2.44. The molecular formula is C31H32FN9O2. The van der Waals surface area contributed by atoms with Crippen molar-refractivity contribution in [1.82, 2.24) is 35.3 Å². The normalized spacial score (nSPS) is 16.3. The SMILES string of the molecule is C=CC(=O)NC1CCN(c2ccc3ncnc(Nc4ccc(Oc5ccc6c(c5)nnn6C)c(C)c4F)c3n2)CC1(C)C. The Kier molecular flexibility index (Phi) is 7.12. The van der Waals surface area contributed by atoms with E-state index in [1.54, 1.807) is 35.9 Å². The molecule has 5 aromatic rings. The molecule has 1 atom stereocenters. The molecule has 3 aromatic heterocycles. The molecule has 220 valence electrons. The largest absolute Gasteiger partial charge is 0.457 e. The molecule has 0 radical (unpaired) electrons. The van der Waals surface area contributed by atoms with E-state index < -0.39 is 5.82 Å². The van der Waals surface area contributed by atoms with Crippen LogP contribution in [0.4, 0.5) is 21.7 Å². The van der Waals surface area contributed by atoms with Gasteiger partial charge >= 0.3 is 0 Å². The second kappa shape index (κ2) is 10.9. The van der Waals surface area contributed by atoms with Crippen LogP contribution >= 0.6 is 0 Å². The number of carbonyl (C=O) groups is 1. The van der Waals surface area contributed by atoms with Crippen LogP contribution in [0.3, 0.4) is 0 Å². The number of carbonyl (C=O) groups excluding carboxylic acids is 1. The summed E-state index contributed by atoms with van der Waals surface area (Å²) in [4.78, 5) is 27.8. The molecule has 0 bridgehead atoms. The van der Waals surface area contributed by atoms with Crippen LogP contribution < -0.4 is 20.3 Å². The van der Waals surface area contributed by atoms with E-state index in [1.165, 1.54) is 12.4 Å². The lowest BCUT2D eigenvalue weighted by atomic mass is 9.79. The van der Waals surface area contributed by atoms with Gasteiger partial charge in [0.1, 0.15) is 34.7 Å². The van der Waals surface area contributed by atoms with Crippen molar-refractivity contribution in [3.63, 3.8) is 0 Å². The molecule has 11 nitrogen and oxygen atoms in total. The molecule has 0 saturated carbocycles. The molecule has 1 unspecified atom stereocenters. The fourth-order valence-electron chi connectivity index (χ4n) is 5.46. The van der Waals surface area contributed by atoms with Gasteiger partial charge in [0.2, 0.25) is 5.91 Å². The summed E-state index contributed by atoms with van der Waals surface area (Å²) in [6.07, 6.45) is 3.48. The van der Waals surface area contributed by atoms with E-state index in [2.05, 4.69) is 56.2 Å². The number of nitrogens with one attached hydrogen (secondary N) is 2. The zero-order chi connectivity index (χ0) is 30.3. The molecule has 1 fully saturated rings. The first-order valence-electron chi connectivity index (χ1n) is 14.0. The van der Waals surface area contributed by atoms with Crippen LogP contribution in [-0.2, 0) is 11.8 Å². The second-order valence-corrected chi connectivity index (χ2v) is 11.4. The highest BCUT2D eigenvalue weighted by Crippen LogP contribution is 2.35. The van der Waals surface area contributed by atoms with Crippen LogP contribution in [0.2, 0.25) is 0 Å². The molecule has 4 heterocycles. The first-order valence-corrected chi connectivity index (χ1v) is 14.0. The highest BCUT2D eigenvalue weighted by atomic mass is 19.1. The second-order valence-electron chi connectivity index (χ2n) is 11.4. The predicted molar refractivity (Wildman–Crippen MR) is 163 cm³/mol. The number of fused-ring (bicyclic) bond motifs is 2. The predicted octanol–water partition coefficient (Wildman–Crippen LogP) is 5.20. The number of ether oxygens (including phenoxy) is 1. The maximum atomic E-state index is 15.6. The topological polar surface area (TPSA) is 123 Å². The Morgan fingerprint density at radius 2 is 2.00 bits per heavy atom. The summed E-state index contributed by atoms with van der Waals surface area (Å²) in [7, 11) is 1.81. The van der Waals surface area contributed by atoms with Crippen LogP contribution in [-0.4, -0.2) is 55.0 Å². The molecule has 43 heavy (non-hydrogen) atoms. The minimum Gasteiger partial charge on any atom is -0.457 e. The van der Waals surface area contributed by atoms with Gasteiger partial charge in [-0.05, 0) is 55.8 Å². The number of nitrogens with zero attached hydrogens (tertiary/aromatic N) is 7. The van der Waals surface area contributed by atoms with Crippen LogP contribution in [0.5, 0.6) is 11.5 Å². The van der Waals surface area contributed by atoms with E-state index in [4.69, 9.17) is 9.72 Å². The summed E-state index contributed by atoms with van der Waals surface area (Å²) in [5.74, 6) is 1.42. The van der Waals surface area contributed by atoms with E-state index in [9.17, 15) is 4.79 Å². The summed E-state index contributed by atoms with van der Waals surface area (Å²) in [5, 5.41) is 14.3. The summed E-state index contributed by atoms with van der Waals surface area (Å²) in [5.41, 5.74) is 3.08. The highest BCUT2D eigenvalue weighted by molar-refractivity contribution is 5.88. The standard InChI is InChI=1S/C31H32FN9O2/c1-6-27(42)36-25-13-14-41(16-31(25,3)4)26-12-9-21-29(37-26)30(34-17-33-21)35-20-8-11-24(18(2)28(20)32)43-19-7-10-23-22(15-19)38-39-40(23)5/h6-12,15,17,25H,1,13-14,16H2,2-5H3,(H,36,42)(H,33,34,35). The van der Waals surface area contributed by atoms with Crippen LogP contribution in [0.1, 0.15) is 25.8 Å². The molecule has 1 aliphatic heterocycles. The zero-order valence-corrected chi connectivity index (χ0v) is 24.4. The van der Waals surface area contributed by atoms with Gasteiger partial charge in [0.25, 0.3) is 0 Å². The number of halogens is 1. The fourth-order valence-corrected chi connectivity index (χ4v) is 5.46. The highest BCUT2D eigenvalue weighted by Gasteiger charge is 2.37. The third-order valence-corrected chi connectivity index (χ3v) is 7.92. The number of amides is 1. The van der Waals surface area contributed by atoms with E-state index in [0.717, 1.165) is 17.8 Å². The third-order valence-electron chi connectivity index (χ3n) is 7.92. The number of anilines is 3. The first kappa shape index (κ1) is 28.0. The Hall–Kier alpha value is -5.13. The monoisotopic (exact) mass is 581 g/mol. The van der Waals surface area contributed by atoms with Crippen LogP contribution in [0, 0.1) is 18.2 Å². The average molecular weight is 582 g/mol. The van der Waals surface area contributed by atoms with Crippen LogP contribution in [0.15, 0.2) is 61.4 Å². The third kappa shape index (κ3) is 5.43. The molecule has 1 aliphatic rings. The Labute approximate surface area is 247 Å². The number of pyridine rings is 1. The number of piperidine rings is 1. The van der Waals surface area contributed by atoms with Gasteiger partial charge in [-0.15, -0.1) is 5.10 Å². The molecule has 12 heteroatoms. The number of aryl methyl sites for hydroxylation is 1. The van der Waals surface area contributed by atoms with E-state index in [-0.39, 0.29) is 23.1 Å². The number of aromatic nitrogens is 6. The lowest BCUT2D eigenvalue weighted by molar-refractivity contribution is -0.118. The van der Waals surface area contributed by atoms with Gasteiger partial charge in [0.05, 0.1) is 16.7 Å². The molecule has 1 saturated heterocycles. The van der Waals surface area contributed by atoms with Gasteiger partial charge < -0.3 is 20.3 Å². The van der Waals surface area contributed by atoms with Gasteiger partial charge in [-0.25, -0.2) is 24.0 Å². The number of hydrogen-bond acceptors (Lipinski definition) is 9. The zero-order valence-electron chi connectivity index (χ0n) is 24.4. The Balaban J connectivity index is 1.24. The number of hydrogen-bond donors (Lipinski definition) is 2. The molecule has 6 rings (SSSR count). The fraction of sp³-hybridized carbons (Fsp3) is 0.290. The van der Waals surface area contributed by atoms with Crippen molar-refractivity contribution in [2.75, 3.05) is 23.3 Å². The molecular weight excluding hydrogens is 549 g/mol.